The van der Waals surface area contributed by atoms with E-state index in [1.165, 1.54) is 24.5 Å². The van der Waals surface area contributed by atoms with Gasteiger partial charge in [-0.1, -0.05) is 11.6 Å². The van der Waals surface area contributed by atoms with Crippen molar-refractivity contribution in [1.29, 1.82) is 0 Å². The Morgan fingerprint density at radius 3 is 2.70 bits per heavy atom. The molecule has 0 atom stereocenters. The topological polar surface area (TPSA) is 141 Å². The average Bonchev–Trinajstić information content (AvgIpc) is 3.16. The number of rotatable bonds is 8. The van der Waals surface area contributed by atoms with Crippen molar-refractivity contribution in [2.75, 3.05) is 18.5 Å². The number of nitrogens with one attached hydrogen (secondary N) is 2. The van der Waals surface area contributed by atoms with Gasteiger partial charge in [0.1, 0.15) is 5.69 Å². The molecular formula is C16H14ClN3O7. The lowest BCUT2D eigenvalue weighted by Crippen LogP contribution is -2.27. The molecule has 1 aromatic heterocycles. The lowest BCUT2D eigenvalue weighted by molar-refractivity contribution is -0.383. The van der Waals surface area contributed by atoms with Gasteiger partial charge >= 0.3 is 5.97 Å². The highest BCUT2D eigenvalue weighted by Crippen LogP contribution is 2.27. The van der Waals surface area contributed by atoms with E-state index in [1.54, 1.807) is 6.07 Å². The SMILES string of the molecule is O=C(COC(=O)CCNC(=O)c1ccco1)Nc1ccc(Cl)cc1[N+](=O)[O-]. The molecule has 0 spiro atoms. The highest BCUT2D eigenvalue weighted by molar-refractivity contribution is 6.31. The first-order valence-electron chi connectivity index (χ1n) is 7.58. The van der Waals surface area contributed by atoms with E-state index in [0.29, 0.717) is 0 Å². The second-order valence-corrected chi connectivity index (χ2v) is 5.55. The zero-order valence-electron chi connectivity index (χ0n) is 13.8. The summed E-state index contributed by atoms with van der Waals surface area (Å²) >= 11 is 5.68. The summed E-state index contributed by atoms with van der Waals surface area (Å²) in [7, 11) is 0. The van der Waals surface area contributed by atoms with Crippen molar-refractivity contribution in [3.05, 3.63) is 57.5 Å². The number of benzene rings is 1. The molecule has 0 aliphatic carbocycles. The number of furan rings is 1. The number of nitro groups is 1. The zero-order valence-corrected chi connectivity index (χ0v) is 14.5. The summed E-state index contributed by atoms with van der Waals surface area (Å²) in [6, 6.07) is 6.74. The van der Waals surface area contributed by atoms with E-state index < -0.39 is 29.3 Å². The Bertz CT molecular complexity index is 852. The molecule has 1 aromatic carbocycles. The lowest BCUT2D eigenvalue weighted by atomic mass is 10.2. The van der Waals surface area contributed by atoms with Crippen LogP contribution >= 0.6 is 11.6 Å². The van der Waals surface area contributed by atoms with Gasteiger partial charge in [-0.2, -0.15) is 0 Å². The normalized spacial score (nSPS) is 10.1. The fraction of sp³-hybridized carbons (Fsp3) is 0.188. The third-order valence-corrected chi connectivity index (χ3v) is 3.39. The van der Waals surface area contributed by atoms with Crippen LogP contribution in [0.15, 0.2) is 41.0 Å². The maximum atomic E-state index is 11.8. The number of nitro benzene ring substituents is 1. The fourth-order valence-corrected chi connectivity index (χ4v) is 2.11. The van der Waals surface area contributed by atoms with E-state index in [4.69, 9.17) is 20.8 Å². The molecular weight excluding hydrogens is 382 g/mol. The van der Waals surface area contributed by atoms with Crippen LogP contribution in [0.2, 0.25) is 5.02 Å². The van der Waals surface area contributed by atoms with Crippen molar-refractivity contribution in [3.63, 3.8) is 0 Å². The van der Waals surface area contributed by atoms with E-state index in [1.807, 2.05) is 0 Å². The standard InChI is InChI=1S/C16H14ClN3O7/c17-10-3-4-11(12(8-10)20(24)25)19-14(21)9-27-15(22)5-6-18-16(23)13-2-1-7-26-13/h1-4,7-8H,5-6,9H2,(H,18,23)(H,19,21). The molecule has 0 aliphatic heterocycles. The van der Waals surface area contributed by atoms with Crippen LogP contribution in [0.4, 0.5) is 11.4 Å². The second kappa shape index (κ2) is 9.34. The largest absolute Gasteiger partial charge is 0.459 e. The Balaban J connectivity index is 1.74. The predicted octanol–water partition coefficient (Wildman–Crippen LogP) is 2.14. The highest BCUT2D eigenvalue weighted by atomic mass is 35.5. The highest BCUT2D eigenvalue weighted by Gasteiger charge is 2.17. The van der Waals surface area contributed by atoms with Crippen molar-refractivity contribution in [1.82, 2.24) is 5.32 Å². The third kappa shape index (κ3) is 6.12. The molecule has 0 bridgehead atoms. The first kappa shape index (κ1) is 19.9. The predicted molar refractivity (Wildman–Crippen MR) is 93.4 cm³/mol. The van der Waals surface area contributed by atoms with Gasteiger partial charge in [0.25, 0.3) is 17.5 Å². The summed E-state index contributed by atoms with van der Waals surface area (Å²) in [5, 5.41) is 15.8. The van der Waals surface area contributed by atoms with Gasteiger partial charge in [0, 0.05) is 17.6 Å². The van der Waals surface area contributed by atoms with Gasteiger partial charge in [0.15, 0.2) is 12.4 Å². The van der Waals surface area contributed by atoms with Crippen molar-refractivity contribution < 1.29 is 28.5 Å². The Labute approximate surface area is 157 Å². The van der Waals surface area contributed by atoms with E-state index in [0.717, 1.165) is 6.07 Å². The van der Waals surface area contributed by atoms with Crippen LogP contribution in [-0.2, 0) is 14.3 Å². The van der Waals surface area contributed by atoms with Gasteiger partial charge in [-0.25, -0.2) is 0 Å². The van der Waals surface area contributed by atoms with Crippen LogP contribution in [0.5, 0.6) is 0 Å². The van der Waals surface area contributed by atoms with Crippen LogP contribution in [0.3, 0.4) is 0 Å². The number of halogens is 1. The van der Waals surface area contributed by atoms with Crippen molar-refractivity contribution in [2.45, 2.75) is 6.42 Å². The molecule has 2 N–H and O–H groups in total. The number of amides is 2. The molecule has 27 heavy (non-hydrogen) atoms. The summed E-state index contributed by atoms with van der Waals surface area (Å²) in [5.74, 6) is -1.86. The van der Waals surface area contributed by atoms with Crippen LogP contribution in [0.25, 0.3) is 0 Å². The van der Waals surface area contributed by atoms with E-state index in [9.17, 15) is 24.5 Å². The number of nitrogens with zero attached hydrogens (tertiary/aromatic N) is 1. The number of ether oxygens (including phenoxy) is 1. The maximum absolute atomic E-state index is 11.8. The van der Waals surface area contributed by atoms with Gasteiger partial charge in [0.05, 0.1) is 17.6 Å². The van der Waals surface area contributed by atoms with Crippen molar-refractivity contribution in [3.8, 4) is 0 Å². The third-order valence-electron chi connectivity index (χ3n) is 3.15. The van der Waals surface area contributed by atoms with Crippen LogP contribution in [0.1, 0.15) is 17.0 Å². The number of carbonyl (C=O) groups is 3. The van der Waals surface area contributed by atoms with Crippen LogP contribution < -0.4 is 10.6 Å². The summed E-state index contributed by atoms with van der Waals surface area (Å²) in [6.45, 7) is -0.645. The first-order chi connectivity index (χ1) is 12.9. The molecule has 1 heterocycles. The summed E-state index contributed by atoms with van der Waals surface area (Å²) in [5.41, 5.74) is -0.459. The Morgan fingerprint density at radius 1 is 1.26 bits per heavy atom. The summed E-state index contributed by atoms with van der Waals surface area (Å²) < 4.78 is 9.64. The summed E-state index contributed by atoms with van der Waals surface area (Å²) in [6.07, 6.45) is 1.17. The number of hydrogen-bond acceptors (Lipinski definition) is 7. The molecule has 0 saturated heterocycles. The van der Waals surface area contributed by atoms with Crippen LogP contribution in [-0.4, -0.2) is 35.9 Å². The Morgan fingerprint density at radius 2 is 2.04 bits per heavy atom. The minimum atomic E-state index is -0.756. The first-order valence-corrected chi connectivity index (χ1v) is 7.95. The molecule has 11 heteroatoms. The van der Waals surface area contributed by atoms with Crippen molar-refractivity contribution in [2.24, 2.45) is 0 Å². The average molecular weight is 396 g/mol. The molecule has 0 radical (unpaired) electrons. The number of hydrogen-bond donors (Lipinski definition) is 2. The number of anilines is 1. The van der Waals surface area contributed by atoms with E-state index in [2.05, 4.69) is 10.6 Å². The summed E-state index contributed by atoms with van der Waals surface area (Å²) in [4.78, 5) is 45.2. The molecule has 142 valence electrons. The Kier molecular flexibility index (Phi) is 6.89. The molecule has 2 amide bonds. The molecule has 0 unspecified atom stereocenters. The molecule has 2 rings (SSSR count). The van der Waals surface area contributed by atoms with Gasteiger partial charge < -0.3 is 19.8 Å². The van der Waals surface area contributed by atoms with Gasteiger partial charge in [-0.3, -0.25) is 24.5 Å². The van der Waals surface area contributed by atoms with E-state index >= 15 is 0 Å². The number of carbonyl (C=O) groups excluding carboxylic acids is 3. The molecule has 0 fully saturated rings. The Hall–Kier alpha value is -3.40. The number of esters is 1. The monoisotopic (exact) mass is 395 g/mol. The smallest absolute Gasteiger partial charge is 0.308 e. The lowest BCUT2D eigenvalue weighted by Gasteiger charge is -2.08. The minimum Gasteiger partial charge on any atom is -0.459 e. The second-order valence-electron chi connectivity index (χ2n) is 5.11. The molecule has 0 saturated carbocycles. The van der Waals surface area contributed by atoms with E-state index in [-0.39, 0.29) is 35.1 Å². The fourth-order valence-electron chi connectivity index (χ4n) is 1.94. The van der Waals surface area contributed by atoms with Gasteiger partial charge in [-0.15, -0.1) is 0 Å². The van der Waals surface area contributed by atoms with Crippen molar-refractivity contribution >= 4 is 40.8 Å². The van der Waals surface area contributed by atoms with Crippen LogP contribution in [0, 0.1) is 10.1 Å². The molecule has 0 aliphatic rings. The van der Waals surface area contributed by atoms with Gasteiger partial charge in [-0.05, 0) is 24.3 Å². The quantitative estimate of drug-likeness (QED) is 0.396. The zero-order chi connectivity index (χ0) is 19.8. The maximum Gasteiger partial charge on any atom is 0.308 e. The minimum absolute atomic E-state index is 0.0113. The molecule has 2 aromatic rings. The molecule has 10 nitrogen and oxygen atoms in total. The van der Waals surface area contributed by atoms with Gasteiger partial charge in [0.2, 0.25) is 0 Å².